The van der Waals surface area contributed by atoms with E-state index in [9.17, 15) is 19.2 Å². The van der Waals surface area contributed by atoms with E-state index in [4.69, 9.17) is 0 Å². The highest BCUT2D eigenvalue weighted by Crippen LogP contribution is 2.23. The number of hydrogen-bond donors (Lipinski definition) is 2. The largest absolute Gasteiger partial charge is 0.369 e. The lowest BCUT2D eigenvalue weighted by molar-refractivity contribution is -0.121. The summed E-state index contributed by atoms with van der Waals surface area (Å²) in [6.45, 7) is 7.04. The van der Waals surface area contributed by atoms with E-state index in [-0.39, 0.29) is 40.6 Å². The van der Waals surface area contributed by atoms with Crippen molar-refractivity contribution < 1.29 is 9.59 Å². The van der Waals surface area contributed by atoms with E-state index >= 15 is 0 Å². The summed E-state index contributed by atoms with van der Waals surface area (Å²) in [4.78, 5) is 51.1. The first-order chi connectivity index (χ1) is 16.3. The molecule has 0 saturated heterocycles. The molecule has 0 aromatic carbocycles. The molecule has 34 heavy (non-hydrogen) atoms. The molecule has 0 fully saturated rings. The fraction of sp³-hybridized carbons (Fsp3) is 0.609. The molecule has 186 valence electrons. The number of fused-ring (bicyclic) bond motifs is 2. The summed E-state index contributed by atoms with van der Waals surface area (Å²) in [7, 11) is 3.27. The molecule has 0 spiro atoms. The van der Waals surface area contributed by atoms with Gasteiger partial charge < -0.3 is 10.6 Å². The molecule has 0 saturated carbocycles. The van der Waals surface area contributed by atoms with Crippen LogP contribution in [0.5, 0.6) is 0 Å². The number of aryl methyl sites for hydroxylation is 2. The van der Waals surface area contributed by atoms with Crippen molar-refractivity contribution in [2.75, 3.05) is 24.7 Å². The molecule has 2 aromatic heterocycles. The quantitative estimate of drug-likeness (QED) is 0.681. The van der Waals surface area contributed by atoms with Gasteiger partial charge in [0.05, 0.1) is 12.1 Å². The Balaban J connectivity index is 0.000000225. The van der Waals surface area contributed by atoms with Gasteiger partial charge in [-0.15, -0.1) is 10.2 Å². The minimum absolute atomic E-state index is 0.00842. The summed E-state index contributed by atoms with van der Waals surface area (Å²) in [5.74, 6) is 1.13. The molecule has 2 atom stereocenters. The Labute approximate surface area is 199 Å². The fourth-order valence-electron chi connectivity index (χ4n) is 4.22. The van der Waals surface area contributed by atoms with Gasteiger partial charge in [-0.2, -0.15) is 0 Å². The van der Waals surface area contributed by atoms with Crippen LogP contribution in [0.1, 0.15) is 77.0 Å². The zero-order valence-corrected chi connectivity index (χ0v) is 20.8. The monoisotopic (exact) mass is 473 g/mol. The lowest BCUT2D eigenvalue weighted by Gasteiger charge is -2.18. The smallest absolute Gasteiger partial charge is 0.297 e. The van der Waals surface area contributed by atoms with Crippen molar-refractivity contribution in [3.63, 3.8) is 0 Å². The third kappa shape index (κ3) is 5.57. The number of anilines is 2. The van der Waals surface area contributed by atoms with Crippen LogP contribution in [-0.2, 0) is 22.4 Å². The summed E-state index contributed by atoms with van der Waals surface area (Å²) >= 11 is 0. The molecule has 2 unspecified atom stereocenters. The van der Waals surface area contributed by atoms with E-state index < -0.39 is 0 Å². The second-order valence-corrected chi connectivity index (χ2v) is 7.95. The highest BCUT2D eigenvalue weighted by atomic mass is 16.2. The summed E-state index contributed by atoms with van der Waals surface area (Å²) < 4.78 is 3.06. The van der Waals surface area contributed by atoms with Crippen LogP contribution in [0.3, 0.4) is 0 Å². The van der Waals surface area contributed by atoms with Crippen LogP contribution in [0.25, 0.3) is 0 Å². The lowest BCUT2D eigenvalue weighted by atomic mass is 10.1. The van der Waals surface area contributed by atoms with Crippen LogP contribution in [0.2, 0.25) is 0 Å². The Bertz CT molecular complexity index is 1140. The molecule has 2 aromatic rings. The summed E-state index contributed by atoms with van der Waals surface area (Å²) in [5.41, 5.74) is 0.416. The van der Waals surface area contributed by atoms with E-state index in [0.29, 0.717) is 24.5 Å². The average molecular weight is 474 g/mol. The number of carbonyl (C=O) groups is 2. The van der Waals surface area contributed by atoms with Crippen LogP contribution >= 0.6 is 0 Å². The third-order valence-electron chi connectivity index (χ3n) is 5.88. The van der Waals surface area contributed by atoms with Crippen LogP contribution in [-0.4, -0.2) is 50.0 Å². The van der Waals surface area contributed by atoms with Gasteiger partial charge in [0.15, 0.2) is 17.4 Å². The van der Waals surface area contributed by atoms with Gasteiger partial charge in [0, 0.05) is 32.4 Å². The number of aromatic nitrogens is 5. The zero-order chi connectivity index (χ0) is 25.4. The normalized spacial score (nSPS) is 18.1. The molecule has 11 nitrogen and oxygen atoms in total. The Hall–Kier alpha value is -3.37. The van der Waals surface area contributed by atoms with Gasteiger partial charge in [-0.25, -0.2) is 4.98 Å². The molecule has 0 amide bonds. The maximum Gasteiger partial charge on any atom is 0.297 e. The van der Waals surface area contributed by atoms with Crippen molar-refractivity contribution >= 4 is 23.2 Å². The van der Waals surface area contributed by atoms with Crippen LogP contribution in [0.4, 0.5) is 11.6 Å². The minimum Gasteiger partial charge on any atom is -0.369 e. The summed E-state index contributed by atoms with van der Waals surface area (Å²) in [6.07, 6.45) is 6.52. The van der Waals surface area contributed by atoms with Gasteiger partial charge in [-0.3, -0.25) is 28.3 Å². The molecule has 0 radical (unpaired) electrons. The van der Waals surface area contributed by atoms with Crippen molar-refractivity contribution in [2.45, 2.75) is 78.3 Å². The minimum atomic E-state index is -0.366. The maximum absolute atomic E-state index is 12.2. The predicted molar refractivity (Wildman–Crippen MR) is 131 cm³/mol. The Kier molecular flexibility index (Phi) is 9.64. The molecule has 0 aliphatic carbocycles. The van der Waals surface area contributed by atoms with E-state index in [1.54, 1.807) is 31.8 Å². The van der Waals surface area contributed by atoms with Gasteiger partial charge >= 0.3 is 0 Å². The Morgan fingerprint density at radius 1 is 0.853 bits per heavy atom. The van der Waals surface area contributed by atoms with Crippen molar-refractivity contribution in [3.8, 4) is 0 Å². The van der Waals surface area contributed by atoms with Crippen molar-refractivity contribution in [2.24, 2.45) is 0 Å². The number of nitrogens with one attached hydrogen (secondary N) is 2. The van der Waals surface area contributed by atoms with Crippen molar-refractivity contribution in [1.82, 2.24) is 24.3 Å². The number of Topliss-reactive ketones (excluding diaryl/α,β-unsaturated/α-hetero) is 2. The highest BCUT2D eigenvalue weighted by molar-refractivity contribution is 5.80. The van der Waals surface area contributed by atoms with E-state index in [2.05, 4.69) is 25.8 Å². The predicted octanol–water partition coefficient (Wildman–Crippen LogP) is 1.92. The average Bonchev–Trinajstić information content (AvgIpc) is 3.15. The van der Waals surface area contributed by atoms with Gasteiger partial charge in [0.1, 0.15) is 5.82 Å². The first-order valence-corrected chi connectivity index (χ1v) is 11.7. The van der Waals surface area contributed by atoms with Gasteiger partial charge in [-0.1, -0.05) is 20.3 Å². The number of rotatable bonds is 4. The maximum atomic E-state index is 12.2. The SMILES string of the molecule is CC.CNc1ncc2n(c1=O)C(C(C)=O)CCCC2.CNc1nnc2n(c1=O)C(C(C)=O)CC2. The standard InChI is InChI=1S/C12H17N3O2.C9H12N4O2.C2H6/c1-8(16)10-6-4-3-5-9-7-14-11(13-2)12(17)15(9)10;1-5(14)6-3-4-7-11-12-8(10-2)9(15)13(6)7;1-2/h7,10H,3-6H2,1-2H3,(H,13,14);6H,3-4H2,1-2H3,(H,10,12);1-2H3. The van der Waals surface area contributed by atoms with E-state index in [1.807, 2.05) is 13.8 Å². The molecule has 2 aliphatic rings. The van der Waals surface area contributed by atoms with Crippen molar-refractivity contribution in [3.05, 3.63) is 38.4 Å². The molecule has 2 N–H and O–H groups in total. The van der Waals surface area contributed by atoms with E-state index in [0.717, 1.165) is 31.4 Å². The molecular formula is C23H35N7O4. The molecular weight excluding hydrogens is 438 g/mol. The second kappa shape index (κ2) is 12.2. The second-order valence-electron chi connectivity index (χ2n) is 7.95. The summed E-state index contributed by atoms with van der Waals surface area (Å²) in [6, 6.07) is -0.690. The fourth-order valence-corrected chi connectivity index (χ4v) is 4.22. The molecule has 2 aliphatic heterocycles. The number of nitrogens with zero attached hydrogens (tertiary/aromatic N) is 5. The summed E-state index contributed by atoms with van der Waals surface area (Å²) in [5, 5.41) is 13.1. The topological polar surface area (TPSA) is 141 Å². The Morgan fingerprint density at radius 2 is 1.44 bits per heavy atom. The molecule has 4 rings (SSSR count). The van der Waals surface area contributed by atoms with Gasteiger partial charge in [0.25, 0.3) is 11.1 Å². The van der Waals surface area contributed by atoms with Crippen LogP contribution < -0.4 is 21.8 Å². The van der Waals surface area contributed by atoms with Crippen molar-refractivity contribution in [1.29, 1.82) is 0 Å². The first kappa shape index (κ1) is 26.9. The number of ketones is 2. The number of carbonyl (C=O) groups excluding carboxylic acids is 2. The van der Waals surface area contributed by atoms with Crippen LogP contribution in [0, 0.1) is 0 Å². The van der Waals surface area contributed by atoms with Gasteiger partial charge in [0.2, 0.25) is 5.82 Å². The Morgan fingerprint density at radius 3 is 2.03 bits per heavy atom. The molecule has 11 heteroatoms. The van der Waals surface area contributed by atoms with E-state index in [1.165, 1.54) is 11.5 Å². The van der Waals surface area contributed by atoms with Gasteiger partial charge in [-0.05, 0) is 39.5 Å². The first-order valence-electron chi connectivity index (χ1n) is 11.7. The third-order valence-corrected chi connectivity index (χ3v) is 5.88. The number of hydrogen-bond acceptors (Lipinski definition) is 9. The lowest BCUT2D eigenvalue weighted by Crippen LogP contribution is -2.32. The zero-order valence-electron chi connectivity index (χ0n) is 20.8. The molecule has 4 heterocycles. The molecule has 0 bridgehead atoms. The highest BCUT2D eigenvalue weighted by Gasteiger charge is 2.29. The van der Waals surface area contributed by atoms with Crippen LogP contribution in [0.15, 0.2) is 15.8 Å².